The molecule has 1 N–H and O–H groups in total. The first-order valence-electron chi connectivity index (χ1n) is 9.68. The standard InChI is InChI=1S/C23H23N3O2S/c1-14(21-15(2)25-23(29-21)17-7-5-4-6-8-17)24-22(28)19-9-10-20-18(13-19)11-12-26(20)16(3)27/h4-10,13-14H,11-12H2,1-3H3,(H,24,28). The fourth-order valence-electron chi connectivity index (χ4n) is 3.73. The average molecular weight is 406 g/mol. The number of thiazole rings is 1. The zero-order valence-electron chi connectivity index (χ0n) is 16.7. The third kappa shape index (κ3) is 3.80. The van der Waals surface area contributed by atoms with Crippen LogP contribution in [0.15, 0.2) is 48.5 Å². The van der Waals surface area contributed by atoms with Crippen molar-refractivity contribution in [1.29, 1.82) is 0 Å². The highest BCUT2D eigenvalue weighted by Crippen LogP contribution is 2.32. The topological polar surface area (TPSA) is 62.3 Å². The molecule has 1 aromatic heterocycles. The highest BCUT2D eigenvalue weighted by atomic mass is 32.1. The molecule has 1 unspecified atom stereocenters. The van der Waals surface area contributed by atoms with Gasteiger partial charge >= 0.3 is 0 Å². The maximum atomic E-state index is 12.8. The first-order valence-corrected chi connectivity index (χ1v) is 10.5. The van der Waals surface area contributed by atoms with E-state index in [4.69, 9.17) is 0 Å². The quantitative estimate of drug-likeness (QED) is 0.694. The molecule has 0 saturated heterocycles. The molecule has 0 aliphatic carbocycles. The molecule has 0 radical (unpaired) electrons. The Labute approximate surface area is 174 Å². The minimum Gasteiger partial charge on any atom is -0.345 e. The largest absolute Gasteiger partial charge is 0.345 e. The lowest BCUT2D eigenvalue weighted by Gasteiger charge is -2.16. The Morgan fingerprint density at radius 3 is 2.66 bits per heavy atom. The van der Waals surface area contributed by atoms with Gasteiger partial charge in [-0.25, -0.2) is 4.98 Å². The Hall–Kier alpha value is -2.99. The van der Waals surface area contributed by atoms with Gasteiger partial charge in [-0.3, -0.25) is 9.59 Å². The van der Waals surface area contributed by atoms with Crippen LogP contribution in [-0.4, -0.2) is 23.3 Å². The molecule has 4 rings (SSSR count). The first kappa shape index (κ1) is 19.3. The molecule has 5 nitrogen and oxygen atoms in total. The zero-order valence-corrected chi connectivity index (χ0v) is 17.5. The van der Waals surface area contributed by atoms with E-state index < -0.39 is 0 Å². The molecular weight excluding hydrogens is 382 g/mol. The molecule has 1 atom stereocenters. The second kappa shape index (κ2) is 7.79. The summed E-state index contributed by atoms with van der Waals surface area (Å²) < 4.78 is 0. The van der Waals surface area contributed by atoms with Crippen LogP contribution in [0.4, 0.5) is 5.69 Å². The summed E-state index contributed by atoms with van der Waals surface area (Å²) in [6, 6.07) is 15.5. The van der Waals surface area contributed by atoms with Gasteiger partial charge in [0.25, 0.3) is 5.91 Å². The predicted molar refractivity (Wildman–Crippen MR) is 116 cm³/mol. The second-order valence-electron chi connectivity index (χ2n) is 7.29. The van der Waals surface area contributed by atoms with Gasteiger partial charge in [-0.1, -0.05) is 30.3 Å². The van der Waals surface area contributed by atoms with Gasteiger partial charge in [0.05, 0.1) is 16.6 Å². The number of nitrogens with zero attached hydrogens (tertiary/aromatic N) is 2. The van der Waals surface area contributed by atoms with Crippen LogP contribution < -0.4 is 10.2 Å². The molecule has 148 valence electrons. The fraction of sp³-hybridized carbons (Fsp3) is 0.261. The Kier molecular flexibility index (Phi) is 5.20. The van der Waals surface area contributed by atoms with Crippen LogP contribution in [0.25, 0.3) is 10.6 Å². The zero-order chi connectivity index (χ0) is 20.5. The van der Waals surface area contributed by atoms with Crippen molar-refractivity contribution >= 4 is 28.8 Å². The van der Waals surface area contributed by atoms with Crippen LogP contribution in [-0.2, 0) is 11.2 Å². The van der Waals surface area contributed by atoms with Gasteiger partial charge in [-0.2, -0.15) is 0 Å². The van der Waals surface area contributed by atoms with Gasteiger partial charge < -0.3 is 10.2 Å². The van der Waals surface area contributed by atoms with Gasteiger partial charge in [0.15, 0.2) is 0 Å². The van der Waals surface area contributed by atoms with Gasteiger partial charge in [-0.15, -0.1) is 11.3 Å². The van der Waals surface area contributed by atoms with Gasteiger partial charge in [0, 0.05) is 30.3 Å². The number of rotatable bonds is 4. The van der Waals surface area contributed by atoms with E-state index in [-0.39, 0.29) is 17.9 Å². The van der Waals surface area contributed by atoms with Crippen molar-refractivity contribution in [3.63, 3.8) is 0 Å². The normalized spacial score (nSPS) is 13.8. The third-order valence-corrected chi connectivity index (χ3v) is 6.60. The lowest BCUT2D eigenvalue weighted by atomic mass is 10.1. The number of hydrogen-bond acceptors (Lipinski definition) is 4. The van der Waals surface area contributed by atoms with Crippen LogP contribution in [0.5, 0.6) is 0 Å². The monoisotopic (exact) mass is 405 g/mol. The number of carbonyl (C=O) groups excluding carboxylic acids is 2. The van der Waals surface area contributed by atoms with Gasteiger partial charge in [0.1, 0.15) is 5.01 Å². The van der Waals surface area contributed by atoms with E-state index in [2.05, 4.69) is 10.3 Å². The summed E-state index contributed by atoms with van der Waals surface area (Å²) in [5, 5.41) is 4.05. The first-order chi connectivity index (χ1) is 13.9. The number of aryl methyl sites for hydroxylation is 1. The molecule has 0 saturated carbocycles. The number of aromatic nitrogens is 1. The van der Waals surface area contributed by atoms with E-state index in [1.54, 1.807) is 29.2 Å². The van der Waals surface area contributed by atoms with Crippen LogP contribution in [0.2, 0.25) is 0 Å². The van der Waals surface area contributed by atoms with Crippen molar-refractivity contribution in [3.05, 3.63) is 70.2 Å². The van der Waals surface area contributed by atoms with Crippen LogP contribution >= 0.6 is 11.3 Å². The number of benzene rings is 2. The Bertz CT molecular complexity index is 1070. The van der Waals surface area contributed by atoms with Crippen LogP contribution in [0.3, 0.4) is 0 Å². The van der Waals surface area contributed by atoms with Crippen LogP contribution in [0, 0.1) is 6.92 Å². The van der Waals surface area contributed by atoms with Crippen molar-refractivity contribution in [2.45, 2.75) is 33.2 Å². The number of nitrogens with one attached hydrogen (secondary N) is 1. The molecule has 3 aromatic rings. The van der Waals surface area contributed by atoms with E-state index in [9.17, 15) is 9.59 Å². The summed E-state index contributed by atoms with van der Waals surface area (Å²) in [7, 11) is 0. The summed E-state index contributed by atoms with van der Waals surface area (Å²) in [6.45, 7) is 6.21. The molecule has 1 aliphatic rings. The van der Waals surface area contributed by atoms with Crippen molar-refractivity contribution in [1.82, 2.24) is 10.3 Å². The average Bonchev–Trinajstić information content (AvgIpc) is 3.31. The molecule has 29 heavy (non-hydrogen) atoms. The van der Waals surface area contributed by atoms with E-state index in [0.717, 1.165) is 38.8 Å². The molecule has 0 spiro atoms. The Morgan fingerprint density at radius 2 is 1.93 bits per heavy atom. The van der Waals surface area contributed by atoms with Gasteiger partial charge in [-0.05, 0) is 44.0 Å². The van der Waals surface area contributed by atoms with E-state index in [0.29, 0.717) is 12.1 Å². The lowest BCUT2D eigenvalue weighted by molar-refractivity contribution is -0.116. The summed E-state index contributed by atoms with van der Waals surface area (Å²) in [4.78, 5) is 32.0. The van der Waals surface area contributed by atoms with Crippen molar-refractivity contribution in [2.75, 3.05) is 11.4 Å². The van der Waals surface area contributed by atoms with E-state index in [1.165, 1.54) is 0 Å². The number of anilines is 1. The van der Waals surface area contributed by atoms with Crippen molar-refractivity contribution in [3.8, 4) is 10.6 Å². The highest BCUT2D eigenvalue weighted by molar-refractivity contribution is 7.15. The molecule has 0 bridgehead atoms. The predicted octanol–water partition coefficient (Wildman–Crippen LogP) is 4.52. The number of amides is 2. The molecule has 2 aromatic carbocycles. The van der Waals surface area contributed by atoms with Gasteiger partial charge in [0.2, 0.25) is 5.91 Å². The summed E-state index contributed by atoms with van der Waals surface area (Å²) in [6.07, 6.45) is 0.778. The maximum absolute atomic E-state index is 12.8. The smallest absolute Gasteiger partial charge is 0.251 e. The van der Waals surface area contributed by atoms with E-state index in [1.807, 2.05) is 56.3 Å². The summed E-state index contributed by atoms with van der Waals surface area (Å²) >= 11 is 1.61. The van der Waals surface area contributed by atoms with Crippen LogP contribution in [0.1, 0.15) is 46.4 Å². The minimum absolute atomic E-state index is 0.0319. The maximum Gasteiger partial charge on any atom is 0.251 e. The molecule has 1 aliphatic heterocycles. The summed E-state index contributed by atoms with van der Waals surface area (Å²) in [5.74, 6) is -0.0832. The minimum atomic E-state index is -0.139. The SMILES string of the molecule is CC(=O)N1CCc2cc(C(=O)NC(C)c3sc(-c4ccccc4)nc3C)ccc21. The lowest BCUT2D eigenvalue weighted by Crippen LogP contribution is -2.27. The molecule has 2 amide bonds. The van der Waals surface area contributed by atoms with Crippen molar-refractivity contribution < 1.29 is 9.59 Å². The van der Waals surface area contributed by atoms with Crippen molar-refractivity contribution in [2.24, 2.45) is 0 Å². The second-order valence-corrected chi connectivity index (χ2v) is 8.32. The molecule has 6 heteroatoms. The van der Waals surface area contributed by atoms with E-state index >= 15 is 0 Å². The Balaban J connectivity index is 1.51. The summed E-state index contributed by atoms with van der Waals surface area (Å²) in [5.41, 5.74) is 4.59. The number of carbonyl (C=O) groups is 2. The number of fused-ring (bicyclic) bond motifs is 1. The Morgan fingerprint density at radius 1 is 1.17 bits per heavy atom. The third-order valence-electron chi connectivity index (χ3n) is 5.21. The number of hydrogen-bond donors (Lipinski definition) is 1. The molecule has 2 heterocycles. The highest BCUT2D eigenvalue weighted by Gasteiger charge is 2.24. The molecule has 0 fully saturated rings. The fourth-order valence-corrected chi connectivity index (χ4v) is 4.80. The molecular formula is C23H23N3O2S.